The van der Waals surface area contributed by atoms with Crippen molar-refractivity contribution < 1.29 is 18.4 Å². The molecular formula is C5H7F2NO2. The maximum atomic E-state index is 11.5. The topological polar surface area (TPSA) is 60.2 Å². The zero-order valence-electron chi connectivity index (χ0n) is 5.14. The smallest absolute Gasteiger partial charge is 0.318 e. The minimum Gasteiger partial charge on any atom is -0.319 e. The molecule has 58 valence electrons. The molecule has 0 radical (unpaired) electrons. The lowest BCUT2D eigenvalue weighted by Gasteiger charge is -1.99. The lowest BCUT2D eigenvalue weighted by Crippen LogP contribution is -2.27. The van der Waals surface area contributed by atoms with Gasteiger partial charge in [0.25, 0.3) is 0 Å². The van der Waals surface area contributed by atoms with Gasteiger partial charge in [-0.1, -0.05) is 0 Å². The predicted molar refractivity (Wildman–Crippen MR) is 29.4 cm³/mol. The molecule has 2 N–H and O–H groups in total. The Morgan fingerprint density at radius 1 is 1.40 bits per heavy atom. The van der Waals surface area contributed by atoms with E-state index in [1.165, 1.54) is 0 Å². The van der Waals surface area contributed by atoms with Gasteiger partial charge in [0.2, 0.25) is 0 Å². The van der Waals surface area contributed by atoms with Gasteiger partial charge in [-0.25, -0.2) is 0 Å². The standard InChI is InChI=1S/C5H7F2NO2/c6-4(9)2-1-3(8)5(7)10/h3H,1-2,8H2/t3-/m0/s1. The summed E-state index contributed by atoms with van der Waals surface area (Å²) in [7, 11) is 0. The monoisotopic (exact) mass is 151 g/mol. The Bertz CT molecular complexity index is 149. The quantitative estimate of drug-likeness (QED) is 0.579. The fourth-order valence-corrected chi connectivity index (χ4v) is 0.382. The summed E-state index contributed by atoms with van der Waals surface area (Å²) in [5.41, 5.74) is 4.82. The van der Waals surface area contributed by atoms with Gasteiger partial charge in [0, 0.05) is 6.42 Å². The van der Waals surface area contributed by atoms with Crippen molar-refractivity contribution in [3.05, 3.63) is 0 Å². The van der Waals surface area contributed by atoms with Crippen LogP contribution in [0.15, 0.2) is 0 Å². The van der Waals surface area contributed by atoms with Crippen LogP contribution in [0.2, 0.25) is 0 Å². The van der Waals surface area contributed by atoms with Crippen molar-refractivity contribution in [2.24, 2.45) is 5.73 Å². The van der Waals surface area contributed by atoms with E-state index in [4.69, 9.17) is 5.73 Å². The first kappa shape index (κ1) is 9.16. The van der Waals surface area contributed by atoms with E-state index in [-0.39, 0.29) is 6.42 Å². The first-order chi connectivity index (χ1) is 4.54. The van der Waals surface area contributed by atoms with Gasteiger partial charge in [0.05, 0.1) is 6.04 Å². The molecule has 5 heteroatoms. The van der Waals surface area contributed by atoms with E-state index < -0.39 is 24.5 Å². The second-order valence-electron chi connectivity index (χ2n) is 1.80. The lowest BCUT2D eigenvalue weighted by molar-refractivity contribution is -0.131. The van der Waals surface area contributed by atoms with Crippen molar-refractivity contribution in [3.8, 4) is 0 Å². The largest absolute Gasteiger partial charge is 0.319 e. The van der Waals surface area contributed by atoms with Crippen molar-refractivity contribution in [3.63, 3.8) is 0 Å². The van der Waals surface area contributed by atoms with Crippen molar-refractivity contribution in [1.82, 2.24) is 0 Å². The van der Waals surface area contributed by atoms with E-state index in [0.717, 1.165) is 0 Å². The van der Waals surface area contributed by atoms with Crippen LogP contribution in [0.1, 0.15) is 12.8 Å². The van der Waals surface area contributed by atoms with Crippen molar-refractivity contribution >= 4 is 12.1 Å². The third-order valence-electron chi connectivity index (χ3n) is 0.943. The lowest BCUT2D eigenvalue weighted by atomic mass is 10.2. The molecule has 0 unspecified atom stereocenters. The third kappa shape index (κ3) is 4.08. The summed E-state index contributed by atoms with van der Waals surface area (Å²) in [5.74, 6) is 0. The molecule has 0 spiro atoms. The molecule has 1 atom stereocenters. The molecule has 0 aromatic rings. The average Bonchev–Trinajstić information content (AvgIpc) is 1.82. The Hall–Kier alpha value is -0.840. The molecule has 0 aliphatic carbocycles. The first-order valence-electron chi connectivity index (χ1n) is 2.67. The van der Waals surface area contributed by atoms with Gasteiger partial charge in [-0.2, -0.15) is 8.78 Å². The highest BCUT2D eigenvalue weighted by Crippen LogP contribution is 1.97. The van der Waals surface area contributed by atoms with Crippen LogP contribution < -0.4 is 5.73 Å². The van der Waals surface area contributed by atoms with Crippen LogP contribution in [0.3, 0.4) is 0 Å². The van der Waals surface area contributed by atoms with Crippen LogP contribution in [0.4, 0.5) is 8.78 Å². The molecule has 0 amide bonds. The van der Waals surface area contributed by atoms with E-state index in [1.807, 2.05) is 0 Å². The zero-order valence-corrected chi connectivity index (χ0v) is 5.14. The molecule has 0 aliphatic rings. The van der Waals surface area contributed by atoms with Crippen LogP contribution in [0, 0.1) is 0 Å². The van der Waals surface area contributed by atoms with Crippen LogP contribution in [0.5, 0.6) is 0 Å². The van der Waals surface area contributed by atoms with E-state index in [1.54, 1.807) is 0 Å². The van der Waals surface area contributed by atoms with E-state index in [0.29, 0.717) is 0 Å². The molecular weight excluding hydrogens is 144 g/mol. The van der Waals surface area contributed by atoms with Crippen molar-refractivity contribution in [2.45, 2.75) is 18.9 Å². The number of halogens is 2. The van der Waals surface area contributed by atoms with Crippen molar-refractivity contribution in [2.75, 3.05) is 0 Å². The van der Waals surface area contributed by atoms with Gasteiger partial charge in [0.15, 0.2) is 0 Å². The normalized spacial score (nSPS) is 12.7. The molecule has 10 heavy (non-hydrogen) atoms. The molecule has 0 saturated carbocycles. The predicted octanol–water partition coefficient (Wildman–Crippen LogP) is 0.0861. The Labute approximate surface area is 56.2 Å². The maximum Gasteiger partial charge on any atom is 0.318 e. The summed E-state index contributed by atoms with van der Waals surface area (Å²) in [4.78, 5) is 19.3. The number of carbonyl (C=O) groups is 2. The van der Waals surface area contributed by atoms with Crippen LogP contribution in [-0.4, -0.2) is 18.1 Å². The van der Waals surface area contributed by atoms with Gasteiger partial charge >= 0.3 is 12.1 Å². The highest BCUT2D eigenvalue weighted by Gasteiger charge is 2.13. The van der Waals surface area contributed by atoms with Gasteiger partial charge in [-0.15, -0.1) is 0 Å². The van der Waals surface area contributed by atoms with Crippen LogP contribution in [0.25, 0.3) is 0 Å². The number of carbonyl (C=O) groups excluding carboxylic acids is 2. The van der Waals surface area contributed by atoms with Crippen LogP contribution in [-0.2, 0) is 9.59 Å². The Morgan fingerprint density at radius 2 is 1.90 bits per heavy atom. The molecule has 0 rings (SSSR count). The maximum absolute atomic E-state index is 11.5. The second-order valence-corrected chi connectivity index (χ2v) is 1.80. The Kier molecular flexibility index (Phi) is 3.71. The summed E-state index contributed by atoms with van der Waals surface area (Å²) in [6, 6.07) is -4.67. The molecule has 0 aromatic heterocycles. The summed E-state index contributed by atoms with van der Waals surface area (Å²) in [6.07, 6.45) is -0.776. The van der Waals surface area contributed by atoms with Crippen LogP contribution >= 0.6 is 0 Å². The number of rotatable bonds is 4. The zero-order chi connectivity index (χ0) is 8.15. The third-order valence-corrected chi connectivity index (χ3v) is 0.943. The summed E-state index contributed by atoms with van der Waals surface area (Å²) in [5, 5.41) is 0. The first-order valence-corrected chi connectivity index (χ1v) is 2.67. The highest BCUT2D eigenvalue weighted by atomic mass is 19.1. The van der Waals surface area contributed by atoms with E-state index in [9.17, 15) is 18.4 Å². The fraction of sp³-hybridized carbons (Fsp3) is 0.600. The summed E-state index contributed by atoms with van der Waals surface area (Å²) in [6.45, 7) is 0. The molecule has 3 nitrogen and oxygen atoms in total. The molecule has 0 heterocycles. The number of nitrogens with two attached hydrogens (primary N) is 1. The van der Waals surface area contributed by atoms with E-state index in [2.05, 4.69) is 0 Å². The number of hydrogen-bond acceptors (Lipinski definition) is 3. The molecule has 0 bridgehead atoms. The average molecular weight is 151 g/mol. The minimum atomic E-state index is -1.72. The summed E-state index contributed by atoms with van der Waals surface area (Å²) < 4.78 is 22.9. The minimum absolute atomic E-state index is 0.273. The fourth-order valence-electron chi connectivity index (χ4n) is 0.382. The Morgan fingerprint density at radius 3 is 2.20 bits per heavy atom. The summed E-state index contributed by atoms with van der Waals surface area (Å²) >= 11 is 0. The Balaban J connectivity index is 3.49. The highest BCUT2D eigenvalue weighted by molar-refractivity contribution is 5.75. The number of hydrogen-bond donors (Lipinski definition) is 1. The molecule has 0 fully saturated rings. The van der Waals surface area contributed by atoms with Gasteiger partial charge in [-0.05, 0) is 6.42 Å². The van der Waals surface area contributed by atoms with E-state index >= 15 is 0 Å². The van der Waals surface area contributed by atoms with Gasteiger partial charge < -0.3 is 5.73 Å². The second kappa shape index (κ2) is 4.05. The molecule has 0 saturated heterocycles. The molecule has 0 aromatic carbocycles. The van der Waals surface area contributed by atoms with Gasteiger partial charge in [-0.3, -0.25) is 9.59 Å². The van der Waals surface area contributed by atoms with Crippen molar-refractivity contribution in [1.29, 1.82) is 0 Å². The SMILES string of the molecule is N[C@@H](CCC(=O)F)C(=O)F. The molecule has 0 aliphatic heterocycles. The van der Waals surface area contributed by atoms with Gasteiger partial charge in [0.1, 0.15) is 0 Å².